The number of aryl methyl sites for hydroxylation is 1. The van der Waals surface area contributed by atoms with Crippen LogP contribution in [0, 0.1) is 12.8 Å². The van der Waals surface area contributed by atoms with Crippen LogP contribution in [0.2, 0.25) is 0 Å². The van der Waals surface area contributed by atoms with Gasteiger partial charge in [-0.3, -0.25) is 0 Å². The summed E-state index contributed by atoms with van der Waals surface area (Å²) in [4.78, 5) is 0. The molecule has 0 saturated carbocycles. The third-order valence-electron chi connectivity index (χ3n) is 3.94. The molecule has 0 saturated heterocycles. The molecule has 0 aliphatic carbocycles. The molecule has 0 fully saturated rings. The minimum Gasteiger partial charge on any atom is -0.303 e. The molecule has 0 aliphatic heterocycles. The Hall–Kier alpha value is -1.60. The van der Waals surface area contributed by atoms with Gasteiger partial charge in [0.05, 0.1) is 0 Å². The molecule has 2 unspecified atom stereocenters. The van der Waals surface area contributed by atoms with Crippen LogP contribution in [0.3, 0.4) is 0 Å². The van der Waals surface area contributed by atoms with Gasteiger partial charge in [-0.05, 0) is 37.3 Å². The summed E-state index contributed by atoms with van der Waals surface area (Å²) in [7, 11) is 0. The Morgan fingerprint density at radius 3 is 2.00 bits per heavy atom. The van der Waals surface area contributed by atoms with Crippen molar-refractivity contribution >= 4 is 0 Å². The molecule has 1 heteroatoms. The molecule has 0 radical (unpaired) electrons. The van der Waals surface area contributed by atoms with E-state index >= 15 is 0 Å². The fraction of sp³-hybridized carbons (Fsp3) is 0.400. The van der Waals surface area contributed by atoms with Gasteiger partial charge >= 0.3 is 0 Å². The van der Waals surface area contributed by atoms with Crippen LogP contribution in [-0.4, -0.2) is 0 Å². The second kappa shape index (κ2) is 7.42. The summed E-state index contributed by atoms with van der Waals surface area (Å²) in [5.41, 5.74) is 4.04. The molecule has 1 N–H and O–H groups in total. The average Bonchev–Trinajstić information content (AvgIpc) is 2.47. The van der Waals surface area contributed by atoms with Crippen molar-refractivity contribution in [3.8, 4) is 0 Å². The average molecular weight is 281 g/mol. The van der Waals surface area contributed by atoms with Crippen LogP contribution in [0.25, 0.3) is 0 Å². The van der Waals surface area contributed by atoms with Crippen molar-refractivity contribution in [2.24, 2.45) is 5.92 Å². The van der Waals surface area contributed by atoms with Crippen LogP contribution >= 0.6 is 0 Å². The van der Waals surface area contributed by atoms with Gasteiger partial charge in [-0.1, -0.05) is 74.0 Å². The quantitative estimate of drug-likeness (QED) is 0.744. The SMILES string of the molecule is Cc1ccc(C(C)NC(CC(C)C)c2ccccc2)cc1. The third-order valence-corrected chi connectivity index (χ3v) is 3.94. The summed E-state index contributed by atoms with van der Waals surface area (Å²) in [6.45, 7) is 8.96. The summed E-state index contributed by atoms with van der Waals surface area (Å²) in [5, 5.41) is 3.80. The van der Waals surface area contributed by atoms with E-state index in [1.165, 1.54) is 16.7 Å². The number of benzene rings is 2. The van der Waals surface area contributed by atoms with E-state index in [1.54, 1.807) is 0 Å². The first-order chi connectivity index (χ1) is 10.1. The predicted octanol–water partition coefficient (Wildman–Crippen LogP) is 5.43. The molecule has 1 nitrogen and oxygen atoms in total. The lowest BCUT2D eigenvalue weighted by atomic mass is 9.95. The van der Waals surface area contributed by atoms with Gasteiger partial charge in [0, 0.05) is 12.1 Å². The van der Waals surface area contributed by atoms with Crippen molar-refractivity contribution in [1.29, 1.82) is 0 Å². The maximum absolute atomic E-state index is 3.80. The Bertz CT molecular complexity index is 528. The molecule has 112 valence electrons. The van der Waals surface area contributed by atoms with Crippen molar-refractivity contribution in [2.45, 2.75) is 46.2 Å². The van der Waals surface area contributed by atoms with Crippen LogP contribution in [0.4, 0.5) is 0 Å². The monoisotopic (exact) mass is 281 g/mol. The van der Waals surface area contributed by atoms with E-state index in [2.05, 4.69) is 87.6 Å². The molecule has 0 bridgehead atoms. The Morgan fingerprint density at radius 2 is 1.43 bits per heavy atom. The predicted molar refractivity (Wildman–Crippen MR) is 91.4 cm³/mol. The Morgan fingerprint density at radius 1 is 0.810 bits per heavy atom. The second-order valence-electron chi connectivity index (χ2n) is 6.39. The smallest absolute Gasteiger partial charge is 0.0328 e. The zero-order valence-electron chi connectivity index (χ0n) is 13.6. The zero-order chi connectivity index (χ0) is 15.2. The Kier molecular flexibility index (Phi) is 5.58. The standard InChI is InChI=1S/C20H27N/c1-15(2)14-20(19-8-6-5-7-9-19)21-17(4)18-12-10-16(3)11-13-18/h5-13,15,17,20-21H,14H2,1-4H3. The van der Waals surface area contributed by atoms with Gasteiger partial charge in [0.15, 0.2) is 0 Å². The van der Waals surface area contributed by atoms with E-state index in [1.807, 2.05) is 0 Å². The van der Waals surface area contributed by atoms with Gasteiger partial charge in [-0.2, -0.15) is 0 Å². The van der Waals surface area contributed by atoms with Crippen LogP contribution in [0.1, 0.15) is 56.0 Å². The molecule has 21 heavy (non-hydrogen) atoms. The highest BCUT2D eigenvalue weighted by atomic mass is 14.9. The molecule has 2 aromatic carbocycles. The number of hydrogen-bond acceptors (Lipinski definition) is 1. The van der Waals surface area contributed by atoms with E-state index in [9.17, 15) is 0 Å². The van der Waals surface area contributed by atoms with E-state index in [4.69, 9.17) is 0 Å². The van der Waals surface area contributed by atoms with E-state index < -0.39 is 0 Å². The number of rotatable bonds is 6. The molecule has 0 aliphatic rings. The number of nitrogens with one attached hydrogen (secondary N) is 1. The summed E-state index contributed by atoms with van der Waals surface area (Å²) < 4.78 is 0. The highest BCUT2D eigenvalue weighted by Gasteiger charge is 2.16. The largest absolute Gasteiger partial charge is 0.303 e. The van der Waals surface area contributed by atoms with Gasteiger partial charge in [-0.25, -0.2) is 0 Å². The molecule has 0 amide bonds. The van der Waals surface area contributed by atoms with Gasteiger partial charge in [0.2, 0.25) is 0 Å². The van der Waals surface area contributed by atoms with E-state index in [-0.39, 0.29) is 0 Å². The van der Waals surface area contributed by atoms with Crippen molar-refractivity contribution < 1.29 is 0 Å². The molecule has 0 heterocycles. The summed E-state index contributed by atoms with van der Waals surface area (Å²) in [6.07, 6.45) is 1.15. The van der Waals surface area contributed by atoms with Crippen molar-refractivity contribution in [2.75, 3.05) is 0 Å². The molecule has 2 atom stereocenters. The molecular formula is C20H27N. The zero-order valence-corrected chi connectivity index (χ0v) is 13.6. The van der Waals surface area contributed by atoms with E-state index in [0.717, 1.165) is 6.42 Å². The topological polar surface area (TPSA) is 12.0 Å². The maximum atomic E-state index is 3.80. The van der Waals surface area contributed by atoms with Crippen LogP contribution in [0.15, 0.2) is 54.6 Å². The minimum absolute atomic E-state index is 0.356. The lowest BCUT2D eigenvalue weighted by Gasteiger charge is -2.26. The van der Waals surface area contributed by atoms with Gasteiger partial charge in [0.25, 0.3) is 0 Å². The minimum atomic E-state index is 0.356. The Balaban J connectivity index is 2.13. The van der Waals surface area contributed by atoms with E-state index in [0.29, 0.717) is 18.0 Å². The highest BCUT2D eigenvalue weighted by Crippen LogP contribution is 2.25. The lowest BCUT2D eigenvalue weighted by Crippen LogP contribution is -2.26. The first kappa shape index (κ1) is 15.8. The van der Waals surface area contributed by atoms with Crippen molar-refractivity contribution in [3.05, 3.63) is 71.3 Å². The molecular weight excluding hydrogens is 254 g/mol. The van der Waals surface area contributed by atoms with Crippen LogP contribution in [0.5, 0.6) is 0 Å². The third kappa shape index (κ3) is 4.71. The fourth-order valence-corrected chi connectivity index (χ4v) is 2.71. The first-order valence-corrected chi connectivity index (χ1v) is 7.94. The molecule has 2 rings (SSSR count). The van der Waals surface area contributed by atoms with Crippen LogP contribution in [-0.2, 0) is 0 Å². The second-order valence-corrected chi connectivity index (χ2v) is 6.39. The normalized spacial score (nSPS) is 14.1. The summed E-state index contributed by atoms with van der Waals surface area (Å²) in [5.74, 6) is 0.674. The lowest BCUT2D eigenvalue weighted by molar-refractivity contribution is 0.394. The fourth-order valence-electron chi connectivity index (χ4n) is 2.71. The summed E-state index contributed by atoms with van der Waals surface area (Å²) in [6, 6.07) is 20.4. The van der Waals surface area contributed by atoms with Crippen LogP contribution < -0.4 is 5.32 Å². The van der Waals surface area contributed by atoms with Gasteiger partial charge in [-0.15, -0.1) is 0 Å². The van der Waals surface area contributed by atoms with Gasteiger partial charge < -0.3 is 5.32 Å². The molecule has 2 aromatic rings. The van der Waals surface area contributed by atoms with Gasteiger partial charge in [0.1, 0.15) is 0 Å². The van der Waals surface area contributed by atoms with Crippen molar-refractivity contribution in [3.63, 3.8) is 0 Å². The number of hydrogen-bond donors (Lipinski definition) is 1. The first-order valence-electron chi connectivity index (χ1n) is 7.94. The molecule has 0 spiro atoms. The maximum Gasteiger partial charge on any atom is 0.0328 e. The Labute approximate surface area is 129 Å². The molecule has 0 aromatic heterocycles. The van der Waals surface area contributed by atoms with Crippen molar-refractivity contribution in [1.82, 2.24) is 5.32 Å². The summed E-state index contributed by atoms with van der Waals surface area (Å²) >= 11 is 0. The highest BCUT2D eigenvalue weighted by molar-refractivity contribution is 5.25.